The van der Waals surface area contributed by atoms with Crippen LogP contribution in [0.1, 0.15) is 46.5 Å². The van der Waals surface area contributed by atoms with Crippen LogP contribution in [-0.4, -0.2) is 35.2 Å². The summed E-state index contributed by atoms with van der Waals surface area (Å²) in [7, 11) is 0. The maximum Gasteiger partial charge on any atom is 0.339 e. The van der Waals surface area contributed by atoms with Crippen molar-refractivity contribution in [1.29, 1.82) is 0 Å². The number of carboxylic acid groups (broad SMARTS) is 1. The molecule has 0 heterocycles. The standard InChI is InChI=1S/C24H24O6/c1-3-6-19-21(12-11-17(15(2)25)22(19)26)29-13-14-30-23-18-8-5-4-7-16(18)9-10-20(23)24(27)28/h4-5,7-12,26H,3,6,13-14H2,1-2H3,(H,27,28). The van der Waals surface area contributed by atoms with Crippen LogP contribution < -0.4 is 9.47 Å². The monoisotopic (exact) mass is 408 g/mol. The quantitative estimate of drug-likeness (QED) is 0.388. The van der Waals surface area contributed by atoms with Gasteiger partial charge in [0.05, 0.1) is 5.56 Å². The molecule has 0 atom stereocenters. The first-order chi connectivity index (χ1) is 14.4. The summed E-state index contributed by atoms with van der Waals surface area (Å²) in [6.07, 6.45) is 1.34. The number of phenolic OH excluding ortho intramolecular Hbond substituents is 1. The van der Waals surface area contributed by atoms with E-state index in [9.17, 15) is 19.8 Å². The number of benzene rings is 3. The van der Waals surface area contributed by atoms with E-state index in [-0.39, 0.29) is 35.9 Å². The Morgan fingerprint density at radius 1 is 0.933 bits per heavy atom. The molecule has 0 radical (unpaired) electrons. The van der Waals surface area contributed by atoms with Crippen molar-refractivity contribution in [2.24, 2.45) is 0 Å². The summed E-state index contributed by atoms with van der Waals surface area (Å²) >= 11 is 0. The van der Waals surface area contributed by atoms with Crippen molar-refractivity contribution < 1.29 is 29.3 Å². The minimum atomic E-state index is -1.06. The second-order valence-corrected chi connectivity index (χ2v) is 6.91. The number of aromatic hydroxyl groups is 1. The molecule has 30 heavy (non-hydrogen) atoms. The van der Waals surface area contributed by atoms with Gasteiger partial charge in [0.2, 0.25) is 0 Å². The van der Waals surface area contributed by atoms with E-state index >= 15 is 0 Å². The Kier molecular flexibility index (Phi) is 6.57. The number of hydrogen-bond donors (Lipinski definition) is 2. The molecule has 0 spiro atoms. The lowest BCUT2D eigenvalue weighted by Crippen LogP contribution is -2.12. The lowest BCUT2D eigenvalue weighted by atomic mass is 10.0. The Bertz CT molecular complexity index is 1090. The van der Waals surface area contributed by atoms with E-state index in [1.165, 1.54) is 13.0 Å². The second kappa shape index (κ2) is 9.31. The zero-order chi connectivity index (χ0) is 21.7. The first kappa shape index (κ1) is 21.2. The van der Waals surface area contributed by atoms with Gasteiger partial charge in [0.1, 0.15) is 36.0 Å². The molecule has 0 fully saturated rings. The minimum Gasteiger partial charge on any atom is -0.507 e. The van der Waals surface area contributed by atoms with Gasteiger partial charge in [-0.3, -0.25) is 4.79 Å². The van der Waals surface area contributed by atoms with Gasteiger partial charge in [-0.2, -0.15) is 0 Å². The van der Waals surface area contributed by atoms with Crippen molar-refractivity contribution >= 4 is 22.5 Å². The number of ether oxygens (including phenoxy) is 2. The summed E-state index contributed by atoms with van der Waals surface area (Å²) in [5, 5.41) is 21.5. The number of phenols is 1. The number of rotatable bonds is 9. The summed E-state index contributed by atoms with van der Waals surface area (Å²) in [6.45, 7) is 3.65. The van der Waals surface area contributed by atoms with E-state index in [2.05, 4.69) is 0 Å². The third kappa shape index (κ3) is 4.38. The summed E-state index contributed by atoms with van der Waals surface area (Å²) < 4.78 is 11.6. The number of hydrogen-bond acceptors (Lipinski definition) is 5. The Morgan fingerprint density at radius 2 is 1.63 bits per heavy atom. The number of carboxylic acids is 1. The van der Waals surface area contributed by atoms with E-state index < -0.39 is 5.97 Å². The Morgan fingerprint density at radius 3 is 2.33 bits per heavy atom. The Balaban J connectivity index is 1.77. The Labute approximate surface area is 174 Å². The van der Waals surface area contributed by atoms with Gasteiger partial charge in [-0.1, -0.05) is 43.7 Å². The molecule has 0 amide bonds. The van der Waals surface area contributed by atoms with Crippen LogP contribution in [0.25, 0.3) is 10.8 Å². The molecule has 6 nitrogen and oxygen atoms in total. The lowest BCUT2D eigenvalue weighted by Gasteiger charge is -2.16. The smallest absolute Gasteiger partial charge is 0.339 e. The SMILES string of the molecule is CCCc1c(OCCOc2c(C(=O)O)ccc3ccccc23)ccc(C(C)=O)c1O. The number of carbonyl (C=O) groups is 2. The van der Waals surface area contributed by atoms with E-state index in [0.717, 1.165) is 11.8 Å². The van der Waals surface area contributed by atoms with Crippen LogP contribution in [0.3, 0.4) is 0 Å². The van der Waals surface area contributed by atoms with Gasteiger partial charge >= 0.3 is 5.97 Å². The average molecular weight is 408 g/mol. The van der Waals surface area contributed by atoms with Gasteiger partial charge in [-0.25, -0.2) is 4.79 Å². The highest BCUT2D eigenvalue weighted by Gasteiger charge is 2.17. The molecule has 156 valence electrons. The fourth-order valence-corrected chi connectivity index (χ4v) is 3.39. The molecule has 0 bridgehead atoms. The van der Waals surface area contributed by atoms with E-state index in [1.807, 2.05) is 31.2 Å². The summed E-state index contributed by atoms with van der Waals surface area (Å²) in [4.78, 5) is 23.3. The van der Waals surface area contributed by atoms with Gasteiger partial charge in [0.15, 0.2) is 5.78 Å². The molecule has 0 saturated carbocycles. The molecule has 3 aromatic rings. The number of aromatic carboxylic acids is 1. The third-order valence-corrected chi connectivity index (χ3v) is 4.82. The topological polar surface area (TPSA) is 93.1 Å². The van der Waals surface area contributed by atoms with Gasteiger partial charge in [0, 0.05) is 10.9 Å². The zero-order valence-electron chi connectivity index (χ0n) is 17.0. The summed E-state index contributed by atoms with van der Waals surface area (Å²) in [6, 6.07) is 13.9. The maximum atomic E-state index is 11.7. The first-order valence-electron chi connectivity index (χ1n) is 9.80. The number of fused-ring (bicyclic) bond motifs is 1. The van der Waals surface area contributed by atoms with Crippen molar-refractivity contribution in [2.45, 2.75) is 26.7 Å². The summed E-state index contributed by atoms with van der Waals surface area (Å²) in [5.74, 6) is -0.541. The lowest BCUT2D eigenvalue weighted by molar-refractivity contribution is 0.0691. The predicted molar refractivity (Wildman–Crippen MR) is 114 cm³/mol. The molecule has 2 N–H and O–H groups in total. The molecule has 0 aromatic heterocycles. The molecule has 0 saturated heterocycles. The highest BCUT2D eigenvalue weighted by Crippen LogP contribution is 2.33. The van der Waals surface area contributed by atoms with Crippen molar-refractivity contribution in [3.8, 4) is 17.2 Å². The van der Waals surface area contributed by atoms with E-state index in [0.29, 0.717) is 28.9 Å². The van der Waals surface area contributed by atoms with Crippen molar-refractivity contribution in [3.05, 3.63) is 65.2 Å². The first-order valence-corrected chi connectivity index (χ1v) is 9.80. The molecule has 0 aliphatic rings. The maximum absolute atomic E-state index is 11.7. The van der Waals surface area contributed by atoms with Crippen LogP contribution in [0.15, 0.2) is 48.5 Å². The van der Waals surface area contributed by atoms with Crippen molar-refractivity contribution in [2.75, 3.05) is 13.2 Å². The molecular weight excluding hydrogens is 384 g/mol. The number of Topliss-reactive ketones (excluding diaryl/α,β-unsaturated/α-hetero) is 1. The zero-order valence-corrected chi connectivity index (χ0v) is 17.0. The summed E-state index contributed by atoms with van der Waals surface area (Å²) in [5.41, 5.74) is 0.939. The molecule has 3 aromatic carbocycles. The van der Waals surface area contributed by atoms with Crippen molar-refractivity contribution in [1.82, 2.24) is 0 Å². The van der Waals surface area contributed by atoms with Crippen LogP contribution in [0.2, 0.25) is 0 Å². The number of ketones is 1. The molecular formula is C24H24O6. The molecule has 3 rings (SSSR count). The average Bonchev–Trinajstić information content (AvgIpc) is 2.72. The molecule has 0 aliphatic heterocycles. The fraction of sp³-hybridized carbons (Fsp3) is 0.250. The van der Waals surface area contributed by atoms with Crippen LogP contribution in [0.4, 0.5) is 0 Å². The van der Waals surface area contributed by atoms with Crippen molar-refractivity contribution in [3.63, 3.8) is 0 Å². The normalized spacial score (nSPS) is 10.7. The number of carbonyl (C=O) groups excluding carboxylic acids is 1. The predicted octanol–water partition coefficient (Wildman–Crippen LogP) is 4.86. The van der Waals surface area contributed by atoms with Crippen LogP contribution in [-0.2, 0) is 6.42 Å². The van der Waals surface area contributed by atoms with E-state index in [1.54, 1.807) is 18.2 Å². The molecule has 0 aliphatic carbocycles. The van der Waals surface area contributed by atoms with Crippen LogP contribution in [0, 0.1) is 0 Å². The van der Waals surface area contributed by atoms with Gasteiger partial charge in [-0.05, 0) is 36.9 Å². The third-order valence-electron chi connectivity index (χ3n) is 4.82. The molecule has 0 unspecified atom stereocenters. The fourth-order valence-electron chi connectivity index (χ4n) is 3.39. The van der Waals surface area contributed by atoms with E-state index in [4.69, 9.17) is 9.47 Å². The van der Waals surface area contributed by atoms with Gasteiger partial charge < -0.3 is 19.7 Å². The molecule has 6 heteroatoms. The highest BCUT2D eigenvalue weighted by molar-refractivity contribution is 6.00. The minimum absolute atomic E-state index is 0.0509. The van der Waals surface area contributed by atoms with Gasteiger partial charge in [-0.15, -0.1) is 0 Å². The van der Waals surface area contributed by atoms with Gasteiger partial charge in [0.25, 0.3) is 0 Å². The van der Waals surface area contributed by atoms with Crippen LogP contribution in [0.5, 0.6) is 17.2 Å². The Hall–Kier alpha value is -3.54. The highest BCUT2D eigenvalue weighted by atomic mass is 16.5. The second-order valence-electron chi connectivity index (χ2n) is 6.91. The van der Waals surface area contributed by atoms with Crippen LogP contribution >= 0.6 is 0 Å². The largest absolute Gasteiger partial charge is 0.507 e.